The lowest BCUT2D eigenvalue weighted by Gasteiger charge is -2.12. The van der Waals surface area contributed by atoms with Crippen molar-refractivity contribution in [1.82, 2.24) is 0 Å². The van der Waals surface area contributed by atoms with E-state index in [1.54, 1.807) is 0 Å². The van der Waals surface area contributed by atoms with Crippen molar-refractivity contribution in [3.63, 3.8) is 0 Å². The molecular formula is C15H8F6O2. The number of carboxylic acids is 1. The number of carboxylic acid groups (broad SMARTS) is 1. The summed E-state index contributed by atoms with van der Waals surface area (Å²) in [6.45, 7) is 0. The molecular weight excluding hydrogens is 326 g/mol. The van der Waals surface area contributed by atoms with Crippen molar-refractivity contribution in [2.75, 3.05) is 0 Å². The third-order valence-electron chi connectivity index (χ3n) is 3.07. The third kappa shape index (κ3) is 3.46. The van der Waals surface area contributed by atoms with Crippen molar-refractivity contribution in [2.24, 2.45) is 0 Å². The molecule has 0 fully saturated rings. The van der Waals surface area contributed by atoms with Crippen LogP contribution >= 0.6 is 0 Å². The maximum atomic E-state index is 14.0. The average Bonchev–Trinajstić information content (AvgIpc) is 2.41. The minimum absolute atomic E-state index is 0.478. The van der Waals surface area contributed by atoms with E-state index in [1.807, 2.05) is 0 Å². The molecule has 0 atom stereocenters. The van der Waals surface area contributed by atoms with Gasteiger partial charge in [0.15, 0.2) is 0 Å². The first-order valence-electron chi connectivity index (χ1n) is 6.17. The standard InChI is InChI=1S/C15H8F6O2/c16-11-6-9(12(17)4-7(11)5-13(22)23)8-2-1-3-10(14(8)18)15(19,20)21/h1-4,6H,5H2,(H,22,23). The van der Waals surface area contributed by atoms with Crippen LogP contribution in [0.3, 0.4) is 0 Å². The molecule has 0 unspecified atom stereocenters. The fourth-order valence-electron chi connectivity index (χ4n) is 2.05. The Bertz CT molecular complexity index is 767. The molecule has 0 aliphatic heterocycles. The molecule has 0 bridgehead atoms. The third-order valence-corrected chi connectivity index (χ3v) is 3.07. The summed E-state index contributed by atoms with van der Waals surface area (Å²) in [4.78, 5) is 10.5. The topological polar surface area (TPSA) is 37.3 Å². The fourth-order valence-corrected chi connectivity index (χ4v) is 2.05. The Kier molecular flexibility index (Phi) is 4.35. The van der Waals surface area contributed by atoms with Crippen LogP contribution in [-0.2, 0) is 17.4 Å². The van der Waals surface area contributed by atoms with Crippen molar-refractivity contribution in [2.45, 2.75) is 12.6 Å². The predicted octanol–water partition coefficient (Wildman–Crippen LogP) is 4.42. The number of hydrogen-bond acceptors (Lipinski definition) is 1. The molecule has 2 aromatic rings. The smallest absolute Gasteiger partial charge is 0.419 e. The van der Waals surface area contributed by atoms with Crippen LogP contribution in [0.15, 0.2) is 30.3 Å². The van der Waals surface area contributed by atoms with Crippen molar-refractivity contribution >= 4 is 5.97 Å². The van der Waals surface area contributed by atoms with Gasteiger partial charge in [-0.25, -0.2) is 13.2 Å². The summed E-state index contributed by atoms with van der Waals surface area (Å²) >= 11 is 0. The first-order chi connectivity index (χ1) is 10.6. The van der Waals surface area contributed by atoms with Crippen LogP contribution in [-0.4, -0.2) is 11.1 Å². The first-order valence-corrected chi connectivity index (χ1v) is 6.17. The molecule has 2 rings (SSSR count). The van der Waals surface area contributed by atoms with E-state index in [0.29, 0.717) is 18.2 Å². The van der Waals surface area contributed by atoms with E-state index in [9.17, 15) is 31.1 Å². The Morgan fingerprint density at radius 2 is 1.65 bits per heavy atom. The molecule has 0 amide bonds. The van der Waals surface area contributed by atoms with Gasteiger partial charge in [0.25, 0.3) is 0 Å². The van der Waals surface area contributed by atoms with E-state index in [4.69, 9.17) is 5.11 Å². The molecule has 0 aliphatic carbocycles. The number of alkyl halides is 3. The molecule has 122 valence electrons. The van der Waals surface area contributed by atoms with Crippen molar-refractivity contribution < 1.29 is 36.2 Å². The van der Waals surface area contributed by atoms with Gasteiger partial charge < -0.3 is 5.11 Å². The Balaban J connectivity index is 2.60. The first kappa shape index (κ1) is 16.9. The Morgan fingerprint density at radius 3 is 2.22 bits per heavy atom. The van der Waals surface area contributed by atoms with Crippen LogP contribution in [0.5, 0.6) is 0 Å². The van der Waals surface area contributed by atoms with E-state index < -0.39 is 58.3 Å². The molecule has 0 aliphatic rings. The second kappa shape index (κ2) is 5.94. The fraction of sp³-hybridized carbons (Fsp3) is 0.133. The minimum Gasteiger partial charge on any atom is -0.481 e. The number of rotatable bonds is 3. The second-order valence-corrected chi connectivity index (χ2v) is 4.66. The summed E-state index contributed by atoms with van der Waals surface area (Å²) in [5.41, 5.74) is -3.59. The molecule has 0 saturated heterocycles. The lowest BCUT2D eigenvalue weighted by molar-refractivity contribution is -0.140. The van der Waals surface area contributed by atoms with Gasteiger partial charge in [-0.2, -0.15) is 13.2 Å². The van der Waals surface area contributed by atoms with E-state index in [-0.39, 0.29) is 0 Å². The van der Waals surface area contributed by atoms with E-state index in [0.717, 1.165) is 12.1 Å². The minimum atomic E-state index is -4.99. The maximum Gasteiger partial charge on any atom is 0.419 e. The predicted molar refractivity (Wildman–Crippen MR) is 68.1 cm³/mol. The van der Waals surface area contributed by atoms with E-state index >= 15 is 0 Å². The van der Waals surface area contributed by atoms with Crippen LogP contribution in [0, 0.1) is 17.5 Å². The van der Waals surface area contributed by atoms with Crippen LogP contribution in [0.1, 0.15) is 11.1 Å². The van der Waals surface area contributed by atoms with Crippen LogP contribution < -0.4 is 0 Å². The molecule has 0 heterocycles. The zero-order valence-electron chi connectivity index (χ0n) is 11.2. The second-order valence-electron chi connectivity index (χ2n) is 4.66. The molecule has 0 radical (unpaired) electrons. The summed E-state index contributed by atoms with van der Waals surface area (Å²) in [7, 11) is 0. The zero-order chi connectivity index (χ0) is 17.4. The molecule has 0 aromatic heterocycles. The normalized spacial score (nSPS) is 11.6. The molecule has 0 spiro atoms. The van der Waals surface area contributed by atoms with Gasteiger partial charge in [0.05, 0.1) is 12.0 Å². The van der Waals surface area contributed by atoms with Gasteiger partial charge in [-0.1, -0.05) is 12.1 Å². The lowest BCUT2D eigenvalue weighted by atomic mass is 9.98. The van der Waals surface area contributed by atoms with Gasteiger partial charge in [-0.3, -0.25) is 4.79 Å². The Morgan fingerprint density at radius 1 is 1.00 bits per heavy atom. The van der Waals surface area contributed by atoms with Crippen molar-refractivity contribution in [3.05, 3.63) is 58.9 Å². The average molecular weight is 334 g/mol. The Labute approximate surface area is 126 Å². The van der Waals surface area contributed by atoms with Gasteiger partial charge >= 0.3 is 12.1 Å². The number of hydrogen-bond donors (Lipinski definition) is 1. The van der Waals surface area contributed by atoms with Crippen molar-refractivity contribution in [1.29, 1.82) is 0 Å². The molecule has 2 nitrogen and oxygen atoms in total. The van der Waals surface area contributed by atoms with Crippen molar-refractivity contribution in [3.8, 4) is 11.1 Å². The highest BCUT2D eigenvalue weighted by molar-refractivity contribution is 5.72. The highest BCUT2D eigenvalue weighted by Gasteiger charge is 2.35. The van der Waals surface area contributed by atoms with Gasteiger partial charge in [-0.15, -0.1) is 0 Å². The molecule has 0 saturated carbocycles. The van der Waals surface area contributed by atoms with E-state index in [1.165, 1.54) is 0 Å². The largest absolute Gasteiger partial charge is 0.481 e. The zero-order valence-corrected chi connectivity index (χ0v) is 11.2. The molecule has 2 aromatic carbocycles. The van der Waals surface area contributed by atoms with Crippen LogP contribution in [0.25, 0.3) is 11.1 Å². The molecule has 23 heavy (non-hydrogen) atoms. The number of halogens is 6. The maximum absolute atomic E-state index is 14.0. The Hall–Kier alpha value is -2.51. The SMILES string of the molecule is O=C(O)Cc1cc(F)c(-c2cccc(C(F)(F)F)c2F)cc1F. The monoisotopic (exact) mass is 334 g/mol. The summed E-state index contributed by atoms with van der Waals surface area (Å²) in [6, 6.07) is 3.22. The number of aliphatic carboxylic acids is 1. The number of carbonyl (C=O) groups is 1. The van der Waals surface area contributed by atoms with Crippen LogP contribution in [0.4, 0.5) is 26.3 Å². The number of benzene rings is 2. The summed E-state index contributed by atoms with van der Waals surface area (Å²) in [5.74, 6) is -5.52. The van der Waals surface area contributed by atoms with E-state index in [2.05, 4.69) is 0 Å². The molecule has 8 heteroatoms. The van der Waals surface area contributed by atoms with Gasteiger partial charge in [0.2, 0.25) is 0 Å². The van der Waals surface area contributed by atoms with Gasteiger partial charge in [-0.05, 0) is 18.2 Å². The van der Waals surface area contributed by atoms with Crippen LogP contribution in [0.2, 0.25) is 0 Å². The molecule has 1 N–H and O–H groups in total. The highest BCUT2D eigenvalue weighted by Crippen LogP contribution is 2.36. The summed E-state index contributed by atoms with van der Waals surface area (Å²) in [6.07, 6.45) is -5.80. The highest BCUT2D eigenvalue weighted by atomic mass is 19.4. The van der Waals surface area contributed by atoms with Gasteiger partial charge in [0.1, 0.15) is 17.5 Å². The van der Waals surface area contributed by atoms with Gasteiger partial charge in [0, 0.05) is 16.7 Å². The quantitative estimate of drug-likeness (QED) is 0.844. The summed E-state index contributed by atoms with van der Waals surface area (Å²) < 4.78 is 79.7. The summed E-state index contributed by atoms with van der Waals surface area (Å²) in [5, 5.41) is 8.56. The lowest BCUT2D eigenvalue weighted by Crippen LogP contribution is -2.09.